The number of fused-ring (bicyclic) bond motifs is 1. The first kappa shape index (κ1) is 12.8. The number of rotatable bonds is 6. The molecule has 1 heterocycles. The van der Waals surface area contributed by atoms with Crippen LogP contribution in [0, 0.1) is 0 Å². The van der Waals surface area contributed by atoms with Crippen LogP contribution in [0.15, 0.2) is 34.9 Å². The molecule has 0 saturated heterocycles. The van der Waals surface area contributed by atoms with Gasteiger partial charge in [-0.05, 0) is 6.07 Å². The number of carbonyl (C=O) groups excluding carboxylic acids is 2. The molecule has 2 rings (SSSR count). The maximum Gasteiger partial charge on any atom is 0.326 e. The molecule has 2 N–H and O–H groups in total. The molecule has 19 heavy (non-hydrogen) atoms. The molecule has 1 amide bonds. The molecule has 1 atom stereocenters. The van der Waals surface area contributed by atoms with E-state index < -0.39 is 17.8 Å². The van der Waals surface area contributed by atoms with Crippen LogP contribution in [0.4, 0.5) is 0 Å². The molecular formula is C13H11NO5. The zero-order valence-corrected chi connectivity index (χ0v) is 9.83. The van der Waals surface area contributed by atoms with Crippen LogP contribution in [0.2, 0.25) is 0 Å². The minimum Gasteiger partial charge on any atom is -0.480 e. The molecule has 0 aliphatic heterocycles. The van der Waals surface area contributed by atoms with E-state index in [0.717, 1.165) is 0 Å². The molecule has 98 valence electrons. The van der Waals surface area contributed by atoms with Crippen LogP contribution < -0.4 is 5.32 Å². The molecule has 0 saturated carbocycles. The first-order valence-corrected chi connectivity index (χ1v) is 5.55. The van der Waals surface area contributed by atoms with Gasteiger partial charge < -0.3 is 14.8 Å². The largest absolute Gasteiger partial charge is 0.480 e. The van der Waals surface area contributed by atoms with Gasteiger partial charge in [0.2, 0.25) is 6.41 Å². The summed E-state index contributed by atoms with van der Waals surface area (Å²) in [5.41, 5.74) is 0.871. The topological polar surface area (TPSA) is 96.6 Å². The van der Waals surface area contributed by atoms with Crippen molar-refractivity contribution < 1.29 is 23.9 Å². The third kappa shape index (κ3) is 2.62. The normalized spacial score (nSPS) is 12.0. The summed E-state index contributed by atoms with van der Waals surface area (Å²) in [5, 5.41) is 11.6. The number of Topliss-reactive ketones (excluding diaryl/α,β-unsaturated/α-hetero) is 1. The summed E-state index contributed by atoms with van der Waals surface area (Å²) < 4.78 is 5.21. The molecule has 2 aromatic rings. The highest BCUT2D eigenvalue weighted by Gasteiger charge is 2.23. The summed E-state index contributed by atoms with van der Waals surface area (Å²) in [7, 11) is 0. The summed E-state index contributed by atoms with van der Waals surface area (Å²) in [6.45, 7) is 0. The van der Waals surface area contributed by atoms with Gasteiger partial charge in [-0.1, -0.05) is 18.2 Å². The molecule has 0 bridgehead atoms. The number of hydrogen-bond acceptors (Lipinski definition) is 4. The van der Waals surface area contributed by atoms with Crippen molar-refractivity contribution in [1.82, 2.24) is 5.32 Å². The highest BCUT2D eigenvalue weighted by molar-refractivity contribution is 6.08. The summed E-state index contributed by atoms with van der Waals surface area (Å²) in [4.78, 5) is 33.2. The number of benzene rings is 1. The van der Waals surface area contributed by atoms with Crippen molar-refractivity contribution in [2.45, 2.75) is 12.5 Å². The maximum absolute atomic E-state index is 12.0. The lowest BCUT2D eigenvalue weighted by Crippen LogP contribution is -2.37. The molecular weight excluding hydrogens is 250 g/mol. The first-order valence-electron chi connectivity index (χ1n) is 5.55. The van der Waals surface area contributed by atoms with Gasteiger partial charge in [0, 0.05) is 11.8 Å². The lowest BCUT2D eigenvalue weighted by molar-refractivity contribution is -0.140. The van der Waals surface area contributed by atoms with Crippen molar-refractivity contribution in [1.29, 1.82) is 0 Å². The van der Waals surface area contributed by atoms with Gasteiger partial charge in [0.25, 0.3) is 0 Å². The number of carboxylic acids is 1. The van der Waals surface area contributed by atoms with Crippen LogP contribution >= 0.6 is 0 Å². The Labute approximate surface area is 108 Å². The Balaban J connectivity index is 2.24. The minimum absolute atomic E-state index is 0.263. The molecule has 0 fully saturated rings. The van der Waals surface area contributed by atoms with Crippen molar-refractivity contribution in [3.05, 3.63) is 36.1 Å². The van der Waals surface area contributed by atoms with E-state index in [2.05, 4.69) is 5.32 Å². The second-order valence-corrected chi connectivity index (χ2v) is 3.95. The second kappa shape index (κ2) is 5.34. The smallest absolute Gasteiger partial charge is 0.326 e. The third-order valence-electron chi connectivity index (χ3n) is 2.74. The maximum atomic E-state index is 12.0. The molecule has 1 unspecified atom stereocenters. The van der Waals surface area contributed by atoms with Gasteiger partial charge in [0.15, 0.2) is 5.78 Å². The van der Waals surface area contributed by atoms with E-state index in [-0.39, 0.29) is 12.8 Å². The summed E-state index contributed by atoms with van der Waals surface area (Å²) in [6.07, 6.45) is 1.24. The first-order chi connectivity index (χ1) is 9.13. The van der Waals surface area contributed by atoms with Crippen LogP contribution in [0.25, 0.3) is 11.0 Å². The van der Waals surface area contributed by atoms with Crippen LogP contribution in [-0.2, 0) is 9.59 Å². The van der Waals surface area contributed by atoms with Crippen LogP contribution in [0.3, 0.4) is 0 Å². The number of aliphatic carboxylic acids is 1. The number of nitrogens with one attached hydrogen (secondary N) is 1. The third-order valence-corrected chi connectivity index (χ3v) is 2.74. The van der Waals surface area contributed by atoms with Gasteiger partial charge in [0.05, 0.1) is 5.56 Å². The fourth-order valence-corrected chi connectivity index (χ4v) is 1.79. The Morgan fingerprint density at radius 1 is 1.37 bits per heavy atom. The molecule has 0 radical (unpaired) electrons. The van der Waals surface area contributed by atoms with E-state index in [1.165, 1.54) is 6.26 Å². The van der Waals surface area contributed by atoms with Gasteiger partial charge in [-0.15, -0.1) is 0 Å². The SMILES string of the molecule is O=CNC(CC(=O)c1coc2ccccc12)C(=O)O. The zero-order chi connectivity index (χ0) is 13.8. The molecule has 0 aliphatic carbocycles. The van der Waals surface area contributed by atoms with Gasteiger partial charge in [0.1, 0.15) is 17.9 Å². The molecule has 0 spiro atoms. The Hall–Kier alpha value is -2.63. The number of carboxylic acid groups (broad SMARTS) is 1. The monoisotopic (exact) mass is 261 g/mol. The molecule has 1 aromatic carbocycles. The number of hydrogen-bond donors (Lipinski definition) is 2. The van der Waals surface area contributed by atoms with Crippen molar-refractivity contribution in [2.75, 3.05) is 0 Å². The van der Waals surface area contributed by atoms with E-state index in [9.17, 15) is 14.4 Å². The Kier molecular flexibility index (Phi) is 3.61. The average Bonchev–Trinajstić information content (AvgIpc) is 2.81. The minimum atomic E-state index is -1.26. The van der Waals surface area contributed by atoms with Crippen molar-refractivity contribution in [2.24, 2.45) is 0 Å². The highest BCUT2D eigenvalue weighted by Crippen LogP contribution is 2.22. The molecule has 6 heteroatoms. The van der Waals surface area contributed by atoms with E-state index in [1.807, 2.05) is 0 Å². The fourth-order valence-electron chi connectivity index (χ4n) is 1.79. The Morgan fingerprint density at radius 2 is 2.11 bits per heavy atom. The number of ketones is 1. The van der Waals surface area contributed by atoms with E-state index in [0.29, 0.717) is 16.5 Å². The van der Waals surface area contributed by atoms with Gasteiger partial charge in [-0.25, -0.2) is 4.79 Å². The lowest BCUT2D eigenvalue weighted by atomic mass is 10.0. The van der Waals surface area contributed by atoms with Crippen LogP contribution in [0.1, 0.15) is 16.8 Å². The number of amides is 1. The van der Waals surface area contributed by atoms with Gasteiger partial charge in [-0.2, -0.15) is 0 Å². The lowest BCUT2D eigenvalue weighted by Gasteiger charge is -2.09. The fraction of sp³-hybridized carbons (Fsp3) is 0.154. The van der Waals surface area contributed by atoms with E-state index in [4.69, 9.17) is 9.52 Å². The van der Waals surface area contributed by atoms with Crippen LogP contribution in [0.5, 0.6) is 0 Å². The molecule has 1 aromatic heterocycles. The number of carbonyl (C=O) groups is 3. The molecule has 0 aliphatic rings. The molecule has 6 nitrogen and oxygen atoms in total. The highest BCUT2D eigenvalue weighted by atomic mass is 16.4. The standard InChI is InChI=1S/C13H11NO5/c15-7-14-10(13(17)18)5-11(16)9-6-19-12-4-2-1-3-8(9)12/h1-4,6-7,10H,5H2,(H,14,15)(H,17,18). The van der Waals surface area contributed by atoms with Gasteiger partial charge in [-0.3, -0.25) is 9.59 Å². The van der Waals surface area contributed by atoms with Crippen molar-refractivity contribution in [3.63, 3.8) is 0 Å². The van der Waals surface area contributed by atoms with Crippen molar-refractivity contribution >= 4 is 29.1 Å². The zero-order valence-electron chi connectivity index (χ0n) is 9.83. The average molecular weight is 261 g/mol. The van der Waals surface area contributed by atoms with E-state index in [1.54, 1.807) is 24.3 Å². The Morgan fingerprint density at radius 3 is 2.79 bits per heavy atom. The number of para-hydroxylation sites is 1. The van der Waals surface area contributed by atoms with Crippen molar-refractivity contribution in [3.8, 4) is 0 Å². The quantitative estimate of drug-likeness (QED) is 0.601. The van der Waals surface area contributed by atoms with Crippen LogP contribution in [-0.4, -0.2) is 29.3 Å². The van der Waals surface area contributed by atoms with Gasteiger partial charge >= 0.3 is 5.97 Å². The Bertz CT molecular complexity index is 631. The second-order valence-electron chi connectivity index (χ2n) is 3.95. The summed E-state index contributed by atoms with van der Waals surface area (Å²) in [5.74, 6) is -1.65. The number of furan rings is 1. The summed E-state index contributed by atoms with van der Waals surface area (Å²) >= 11 is 0. The van der Waals surface area contributed by atoms with E-state index >= 15 is 0 Å². The predicted molar refractivity (Wildman–Crippen MR) is 65.8 cm³/mol. The summed E-state index contributed by atoms with van der Waals surface area (Å²) in [6, 6.07) is 5.72. The predicted octanol–water partition coefficient (Wildman–Crippen LogP) is 1.20.